The Morgan fingerprint density at radius 2 is 1.91 bits per heavy atom. The Kier molecular flexibility index (Phi) is 2.53. The van der Waals surface area contributed by atoms with Crippen LogP contribution in [0, 0.1) is 0 Å². The van der Waals surface area contributed by atoms with E-state index in [1.807, 2.05) is 0 Å². The summed E-state index contributed by atoms with van der Waals surface area (Å²) < 4.78 is 0. The van der Waals surface area contributed by atoms with Gasteiger partial charge in [0.1, 0.15) is 0 Å². The second-order valence-electron chi connectivity index (χ2n) is 2.81. The lowest BCUT2D eigenvalue weighted by atomic mass is 9.87. The van der Waals surface area contributed by atoms with Crippen LogP contribution in [0.5, 0.6) is 0 Å². The number of hydrogen-bond acceptors (Lipinski definition) is 1. The number of fused-ring (bicyclic) bond motifs is 1. The first-order valence-corrected chi connectivity index (χ1v) is 3.71. The number of rotatable bonds is 1. The molecule has 0 fully saturated rings. The van der Waals surface area contributed by atoms with Crippen LogP contribution in [0.25, 0.3) is 0 Å². The number of aryl methyl sites for hydroxylation is 2. The molecule has 1 nitrogen and oxygen atoms in total. The Balaban J connectivity index is 0.000000605. The second kappa shape index (κ2) is 3.24. The van der Waals surface area contributed by atoms with Crippen molar-refractivity contribution >= 4 is 12.4 Å². The van der Waals surface area contributed by atoms with Crippen molar-refractivity contribution in [1.29, 1.82) is 0 Å². The van der Waals surface area contributed by atoms with Crippen LogP contribution in [0.3, 0.4) is 0 Å². The second-order valence-corrected chi connectivity index (χ2v) is 2.81. The summed E-state index contributed by atoms with van der Waals surface area (Å²) in [5, 5.41) is 0. The standard InChI is InChI=1S/C9H11N.ClH/c10-6-7-1-2-8-3-4-9(8)5-7;/h1-2,5H,3-4,6,10H2;1H. The average molecular weight is 170 g/mol. The number of halogens is 1. The Morgan fingerprint density at radius 1 is 1.18 bits per heavy atom. The van der Waals surface area contributed by atoms with E-state index in [2.05, 4.69) is 18.2 Å². The lowest BCUT2D eigenvalue weighted by molar-refractivity contribution is 0.832. The van der Waals surface area contributed by atoms with Gasteiger partial charge in [-0.25, -0.2) is 0 Å². The van der Waals surface area contributed by atoms with Gasteiger partial charge in [0, 0.05) is 6.54 Å². The summed E-state index contributed by atoms with van der Waals surface area (Å²) in [4.78, 5) is 0. The van der Waals surface area contributed by atoms with E-state index in [1.54, 1.807) is 0 Å². The first kappa shape index (κ1) is 8.57. The van der Waals surface area contributed by atoms with Gasteiger partial charge in [0.05, 0.1) is 0 Å². The number of nitrogens with two attached hydrogens (primary N) is 1. The molecule has 0 saturated heterocycles. The molecule has 60 valence electrons. The third-order valence-electron chi connectivity index (χ3n) is 2.17. The molecule has 2 rings (SSSR count). The lowest BCUT2D eigenvalue weighted by Crippen LogP contribution is -2.09. The van der Waals surface area contributed by atoms with Crippen molar-refractivity contribution in [1.82, 2.24) is 0 Å². The van der Waals surface area contributed by atoms with Crippen LogP contribution in [0.15, 0.2) is 18.2 Å². The molecule has 0 bridgehead atoms. The minimum Gasteiger partial charge on any atom is -0.326 e. The normalized spacial score (nSPS) is 12.8. The van der Waals surface area contributed by atoms with Crippen LogP contribution in [0.1, 0.15) is 16.7 Å². The van der Waals surface area contributed by atoms with Crippen LogP contribution >= 0.6 is 12.4 Å². The fraction of sp³-hybridized carbons (Fsp3) is 0.333. The van der Waals surface area contributed by atoms with Crippen molar-refractivity contribution in [2.24, 2.45) is 5.73 Å². The van der Waals surface area contributed by atoms with Gasteiger partial charge < -0.3 is 5.73 Å². The molecule has 0 spiro atoms. The van der Waals surface area contributed by atoms with Crippen LogP contribution in [0.4, 0.5) is 0 Å². The monoisotopic (exact) mass is 169 g/mol. The Hall–Kier alpha value is -0.530. The molecule has 0 aliphatic heterocycles. The fourth-order valence-corrected chi connectivity index (χ4v) is 1.38. The SMILES string of the molecule is Cl.NCc1ccc2c(c1)CC2. The van der Waals surface area contributed by atoms with Gasteiger partial charge in [-0.2, -0.15) is 0 Å². The summed E-state index contributed by atoms with van der Waals surface area (Å²) in [6.45, 7) is 0.674. The molecule has 1 aromatic rings. The summed E-state index contributed by atoms with van der Waals surface area (Å²) in [6, 6.07) is 6.54. The molecule has 0 radical (unpaired) electrons. The van der Waals surface area contributed by atoms with Crippen LogP contribution in [-0.2, 0) is 19.4 Å². The molecule has 2 heteroatoms. The van der Waals surface area contributed by atoms with Crippen LogP contribution < -0.4 is 5.73 Å². The Bertz CT molecular complexity index is 258. The predicted molar refractivity (Wildman–Crippen MR) is 49.0 cm³/mol. The van der Waals surface area contributed by atoms with Gasteiger partial charge in [-0.3, -0.25) is 0 Å². The van der Waals surface area contributed by atoms with Gasteiger partial charge >= 0.3 is 0 Å². The summed E-state index contributed by atoms with van der Waals surface area (Å²) in [7, 11) is 0. The van der Waals surface area contributed by atoms with Gasteiger partial charge in [0.25, 0.3) is 0 Å². The molecule has 0 aromatic heterocycles. The average Bonchev–Trinajstić information content (AvgIpc) is 1.92. The molecule has 1 aliphatic rings. The van der Waals surface area contributed by atoms with E-state index in [4.69, 9.17) is 5.73 Å². The van der Waals surface area contributed by atoms with E-state index >= 15 is 0 Å². The quantitative estimate of drug-likeness (QED) is 0.680. The number of hydrogen-bond donors (Lipinski definition) is 1. The predicted octanol–water partition coefficient (Wildman–Crippen LogP) is 1.67. The summed E-state index contributed by atoms with van der Waals surface area (Å²) in [5.41, 5.74) is 9.77. The van der Waals surface area contributed by atoms with E-state index in [1.165, 1.54) is 29.5 Å². The van der Waals surface area contributed by atoms with Gasteiger partial charge in [-0.15, -0.1) is 12.4 Å². The van der Waals surface area contributed by atoms with Crippen molar-refractivity contribution in [3.8, 4) is 0 Å². The fourth-order valence-electron chi connectivity index (χ4n) is 1.38. The molecular weight excluding hydrogens is 158 g/mol. The third-order valence-corrected chi connectivity index (χ3v) is 2.17. The summed E-state index contributed by atoms with van der Waals surface area (Å²) in [6.07, 6.45) is 2.52. The van der Waals surface area contributed by atoms with E-state index in [9.17, 15) is 0 Å². The molecule has 0 amide bonds. The van der Waals surface area contributed by atoms with E-state index in [0.717, 1.165) is 0 Å². The van der Waals surface area contributed by atoms with E-state index in [-0.39, 0.29) is 12.4 Å². The minimum atomic E-state index is 0. The molecule has 1 aromatic carbocycles. The molecule has 1 aliphatic carbocycles. The van der Waals surface area contributed by atoms with Crippen molar-refractivity contribution in [3.63, 3.8) is 0 Å². The van der Waals surface area contributed by atoms with Gasteiger partial charge in [0.2, 0.25) is 0 Å². The highest BCUT2D eigenvalue weighted by Gasteiger charge is 2.11. The maximum absolute atomic E-state index is 5.49. The van der Waals surface area contributed by atoms with Crippen molar-refractivity contribution in [2.75, 3.05) is 0 Å². The smallest absolute Gasteiger partial charge is 0.0178 e. The molecule has 0 unspecified atom stereocenters. The highest BCUT2D eigenvalue weighted by Crippen LogP contribution is 2.23. The zero-order chi connectivity index (χ0) is 6.97. The van der Waals surface area contributed by atoms with Crippen molar-refractivity contribution in [3.05, 3.63) is 34.9 Å². The summed E-state index contributed by atoms with van der Waals surface area (Å²) in [5.74, 6) is 0. The van der Waals surface area contributed by atoms with E-state index < -0.39 is 0 Å². The van der Waals surface area contributed by atoms with Gasteiger partial charge in [0.15, 0.2) is 0 Å². The first-order chi connectivity index (χ1) is 4.90. The lowest BCUT2D eigenvalue weighted by Gasteiger charge is -2.18. The highest BCUT2D eigenvalue weighted by molar-refractivity contribution is 5.85. The Labute approximate surface area is 73.0 Å². The molecule has 0 atom stereocenters. The maximum atomic E-state index is 5.49. The van der Waals surface area contributed by atoms with Gasteiger partial charge in [-0.1, -0.05) is 18.2 Å². The molecule has 0 saturated carbocycles. The zero-order valence-electron chi connectivity index (χ0n) is 6.34. The topological polar surface area (TPSA) is 26.0 Å². The van der Waals surface area contributed by atoms with Crippen LogP contribution in [-0.4, -0.2) is 0 Å². The van der Waals surface area contributed by atoms with Gasteiger partial charge in [-0.05, 0) is 29.5 Å². The maximum Gasteiger partial charge on any atom is 0.0178 e. The Morgan fingerprint density at radius 3 is 2.36 bits per heavy atom. The van der Waals surface area contributed by atoms with E-state index in [0.29, 0.717) is 6.54 Å². The minimum absolute atomic E-state index is 0. The largest absolute Gasteiger partial charge is 0.326 e. The molecule has 2 N–H and O–H groups in total. The number of benzene rings is 1. The third kappa shape index (κ3) is 1.39. The molecule has 11 heavy (non-hydrogen) atoms. The van der Waals surface area contributed by atoms with Crippen molar-refractivity contribution < 1.29 is 0 Å². The molecular formula is C9H12ClN. The zero-order valence-corrected chi connectivity index (χ0v) is 7.16. The first-order valence-electron chi connectivity index (χ1n) is 3.71. The highest BCUT2D eigenvalue weighted by atomic mass is 35.5. The van der Waals surface area contributed by atoms with Crippen molar-refractivity contribution in [2.45, 2.75) is 19.4 Å². The molecule has 0 heterocycles. The summed E-state index contributed by atoms with van der Waals surface area (Å²) >= 11 is 0. The van der Waals surface area contributed by atoms with Crippen LogP contribution in [0.2, 0.25) is 0 Å².